The molecule has 1 aliphatic heterocycles. The van der Waals surface area contributed by atoms with E-state index in [1.54, 1.807) is 0 Å². The minimum atomic E-state index is 0.216. The molecule has 1 saturated heterocycles. The summed E-state index contributed by atoms with van der Waals surface area (Å²) in [6.45, 7) is 3.26. The van der Waals surface area contributed by atoms with Crippen molar-refractivity contribution in [3.05, 3.63) is 0 Å². The normalized spacial score (nSPS) is 51.8. The summed E-state index contributed by atoms with van der Waals surface area (Å²) in [5.41, 5.74) is 0.484. The van der Waals surface area contributed by atoms with Gasteiger partial charge in [-0.05, 0) is 37.0 Å². The van der Waals surface area contributed by atoms with Crippen molar-refractivity contribution >= 4 is 5.78 Å². The Labute approximate surface area is 85.0 Å². The molecular weight excluding hydrogens is 176 g/mol. The van der Waals surface area contributed by atoms with E-state index < -0.39 is 0 Å². The summed E-state index contributed by atoms with van der Waals surface area (Å²) in [5, 5.41) is 0. The fourth-order valence-corrected chi connectivity index (χ4v) is 3.88. The Balaban J connectivity index is 1.90. The van der Waals surface area contributed by atoms with Gasteiger partial charge in [-0.3, -0.25) is 4.79 Å². The summed E-state index contributed by atoms with van der Waals surface area (Å²) in [4.78, 5) is 11.5. The monoisotopic (exact) mass is 194 g/mol. The number of ketones is 1. The van der Waals surface area contributed by atoms with Crippen LogP contribution in [0.25, 0.3) is 0 Å². The van der Waals surface area contributed by atoms with Crippen molar-refractivity contribution < 1.29 is 9.53 Å². The third-order valence-corrected chi connectivity index (χ3v) is 4.65. The van der Waals surface area contributed by atoms with E-state index >= 15 is 0 Å². The van der Waals surface area contributed by atoms with Crippen LogP contribution in [0.15, 0.2) is 0 Å². The molecule has 0 N–H and O–H groups in total. The van der Waals surface area contributed by atoms with E-state index in [0.717, 1.165) is 25.9 Å². The summed E-state index contributed by atoms with van der Waals surface area (Å²) in [6.07, 6.45) is 6.40. The number of carbonyl (C=O) groups is 1. The summed E-state index contributed by atoms with van der Waals surface area (Å²) >= 11 is 0. The van der Waals surface area contributed by atoms with Gasteiger partial charge in [-0.2, -0.15) is 0 Å². The maximum atomic E-state index is 11.5. The van der Waals surface area contributed by atoms with E-state index in [1.165, 1.54) is 19.3 Å². The van der Waals surface area contributed by atoms with Gasteiger partial charge in [0, 0.05) is 12.8 Å². The highest BCUT2D eigenvalue weighted by Gasteiger charge is 2.60. The molecule has 2 saturated carbocycles. The third-order valence-electron chi connectivity index (χ3n) is 4.65. The fraction of sp³-hybridized carbons (Fsp3) is 0.917. The van der Waals surface area contributed by atoms with Crippen LogP contribution in [0.1, 0.15) is 45.4 Å². The molecule has 3 aliphatic rings. The van der Waals surface area contributed by atoms with Gasteiger partial charge in [-0.1, -0.05) is 6.92 Å². The number of epoxide rings is 1. The number of hydrogen-bond acceptors (Lipinski definition) is 2. The second kappa shape index (κ2) is 2.60. The first-order valence-corrected chi connectivity index (χ1v) is 5.80. The predicted molar refractivity (Wildman–Crippen MR) is 53.0 cm³/mol. The Hall–Kier alpha value is -0.370. The van der Waals surface area contributed by atoms with Crippen molar-refractivity contribution in [2.45, 2.75) is 51.0 Å². The van der Waals surface area contributed by atoms with Gasteiger partial charge >= 0.3 is 0 Å². The van der Waals surface area contributed by atoms with E-state index in [9.17, 15) is 4.79 Å². The van der Waals surface area contributed by atoms with Gasteiger partial charge in [-0.25, -0.2) is 0 Å². The van der Waals surface area contributed by atoms with Crippen molar-refractivity contribution in [2.24, 2.45) is 11.3 Å². The molecule has 0 aromatic carbocycles. The van der Waals surface area contributed by atoms with Gasteiger partial charge < -0.3 is 4.74 Å². The first-order valence-electron chi connectivity index (χ1n) is 5.80. The highest BCUT2D eigenvalue weighted by Crippen LogP contribution is 2.59. The minimum Gasteiger partial charge on any atom is -0.369 e. The highest BCUT2D eigenvalue weighted by atomic mass is 16.6. The van der Waals surface area contributed by atoms with Crippen molar-refractivity contribution in [3.8, 4) is 0 Å². The van der Waals surface area contributed by atoms with Crippen molar-refractivity contribution in [3.63, 3.8) is 0 Å². The predicted octanol–water partition coefficient (Wildman–Crippen LogP) is 2.31. The van der Waals surface area contributed by atoms with Crippen LogP contribution in [0.5, 0.6) is 0 Å². The molecule has 3 fully saturated rings. The molecule has 0 radical (unpaired) electrons. The zero-order valence-electron chi connectivity index (χ0n) is 8.84. The Morgan fingerprint density at radius 2 is 2.21 bits per heavy atom. The number of rotatable bonds is 0. The van der Waals surface area contributed by atoms with Crippen LogP contribution >= 0.6 is 0 Å². The third kappa shape index (κ3) is 1.10. The molecule has 3 atom stereocenters. The minimum absolute atomic E-state index is 0.216. The summed E-state index contributed by atoms with van der Waals surface area (Å²) < 4.78 is 5.70. The van der Waals surface area contributed by atoms with Crippen LogP contribution < -0.4 is 0 Å². The Kier molecular flexibility index (Phi) is 1.65. The van der Waals surface area contributed by atoms with E-state index in [2.05, 4.69) is 6.92 Å². The molecule has 0 bridgehead atoms. The zero-order valence-corrected chi connectivity index (χ0v) is 8.84. The lowest BCUT2D eigenvalue weighted by atomic mass is 9.56. The molecule has 3 unspecified atom stereocenters. The Bertz CT molecular complexity index is 280. The number of Topliss-reactive ketones (excluding diaryl/α,β-unsaturated/α-hetero) is 1. The summed E-state index contributed by atoms with van der Waals surface area (Å²) in [5.74, 6) is 1.14. The van der Waals surface area contributed by atoms with E-state index in [0.29, 0.717) is 11.7 Å². The molecule has 1 heterocycles. The molecule has 0 amide bonds. The van der Waals surface area contributed by atoms with Crippen LogP contribution in [0.3, 0.4) is 0 Å². The topological polar surface area (TPSA) is 29.6 Å². The molecule has 2 nitrogen and oxygen atoms in total. The van der Waals surface area contributed by atoms with Gasteiger partial charge in [0.1, 0.15) is 5.78 Å². The molecule has 1 spiro atoms. The Morgan fingerprint density at radius 1 is 1.43 bits per heavy atom. The fourth-order valence-electron chi connectivity index (χ4n) is 3.88. The quantitative estimate of drug-likeness (QED) is 0.554. The highest BCUT2D eigenvalue weighted by molar-refractivity contribution is 5.80. The largest absolute Gasteiger partial charge is 0.369 e. The first kappa shape index (κ1) is 8.90. The van der Waals surface area contributed by atoms with E-state index in [-0.39, 0.29) is 11.0 Å². The van der Waals surface area contributed by atoms with Crippen molar-refractivity contribution in [2.75, 3.05) is 6.61 Å². The van der Waals surface area contributed by atoms with Crippen LogP contribution in [0.4, 0.5) is 0 Å². The second-order valence-corrected chi connectivity index (χ2v) is 5.67. The van der Waals surface area contributed by atoms with Gasteiger partial charge in [0.25, 0.3) is 0 Å². The SMILES string of the molecule is CC12CCCC3(CO3)C1CCC(=O)C2. The lowest BCUT2D eigenvalue weighted by Gasteiger charge is -2.47. The standard InChI is InChI=1S/C12H18O2/c1-11-5-2-6-12(8-14-12)10(11)4-3-9(13)7-11/h10H,2-8H2,1H3. The lowest BCUT2D eigenvalue weighted by Crippen LogP contribution is -2.46. The van der Waals surface area contributed by atoms with Crippen molar-refractivity contribution in [1.29, 1.82) is 0 Å². The number of ether oxygens (including phenoxy) is 1. The van der Waals surface area contributed by atoms with E-state index in [4.69, 9.17) is 4.74 Å². The van der Waals surface area contributed by atoms with Crippen LogP contribution in [-0.2, 0) is 9.53 Å². The van der Waals surface area contributed by atoms with Crippen LogP contribution in [0, 0.1) is 11.3 Å². The van der Waals surface area contributed by atoms with Crippen LogP contribution in [-0.4, -0.2) is 18.0 Å². The number of fused-ring (bicyclic) bond motifs is 2. The maximum absolute atomic E-state index is 11.5. The van der Waals surface area contributed by atoms with E-state index in [1.807, 2.05) is 0 Å². The van der Waals surface area contributed by atoms with Gasteiger partial charge in [0.2, 0.25) is 0 Å². The number of carbonyl (C=O) groups excluding carboxylic acids is 1. The van der Waals surface area contributed by atoms with Crippen molar-refractivity contribution in [1.82, 2.24) is 0 Å². The summed E-state index contributed by atoms with van der Waals surface area (Å²) in [6, 6.07) is 0. The Morgan fingerprint density at radius 3 is 2.93 bits per heavy atom. The molecule has 0 aromatic rings. The van der Waals surface area contributed by atoms with Gasteiger partial charge in [-0.15, -0.1) is 0 Å². The molecule has 0 aromatic heterocycles. The molecule has 2 heteroatoms. The number of hydrogen-bond donors (Lipinski definition) is 0. The average Bonchev–Trinajstić information content (AvgIpc) is 2.84. The van der Waals surface area contributed by atoms with Crippen LogP contribution in [0.2, 0.25) is 0 Å². The first-order chi connectivity index (χ1) is 6.65. The molecular formula is C12H18O2. The lowest BCUT2D eigenvalue weighted by molar-refractivity contribution is -0.128. The zero-order chi connectivity index (χ0) is 9.81. The molecule has 3 rings (SSSR count). The smallest absolute Gasteiger partial charge is 0.133 e. The molecule has 14 heavy (non-hydrogen) atoms. The molecule has 78 valence electrons. The summed E-state index contributed by atoms with van der Waals surface area (Å²) in [7, 11) is 0. The maximum Gasteiger partial charge on any atom is 0.133 e. The average molecular weight is 194 g/mol. The van der Waals surface area contributed by atoms with Gasteiger partial charge in [0.05, 0.1) is 12.2 Å². The second-order valence-electron chi connectivity index (χ2n) is 5.67. The molecule has 2 aliphatic carbocycles. The van der Waals surface area contributed by atoms with Gasteiger partial charge in [0.15, 0.2) is 0 Å².